The van der Waals surface area contributed by atoms with Crippen molar-refractivity contribution in [2.75, 3.05) is 19.8 Å². The fourth-order valence-corrected chi connectivity index (χ4v) is 4.77. The van der Waals surface area contributed by atoms with Crippen LogP contribution in [-0.2, 0) is 11.2 Å². The number of benzene rings is 2. The van der Waals surface area contributed by atoms with Gasteiger partial charge in [0.1, 0.15) is 23.2 Å². The van der Waals surface area contributed by atoms with Gasteiger partial charge in [-0.25, -0.2) is 9.18 Å². The molecule has 0 aliphatic carbocycles. The lowest BCUT2D eigenvalue weighted by Crippen LogP contribution is -2.27. The highest BCUT2D eigenvalue weighted by Gasteiger charge is 2.24. The summed E-state index contributed by atoms with van der Waals surface area (Å²) in [7, 11) is 0. The van der Waals surface area contributed by atoms with Crippen LogP contribution in [0.3, 0.4) is 0 Å². The molecule has 2 heterocycles. The number of carboxylic acids is 1. The zero-order valence-electron chi connectivity index (χ0n) is 20.2. The second-order valence-electron chi connectivity index (χ2n) is 9.37. The minimum Gasteiger partial charge on any atom is -0.490 e. The van der Waals surface area contributed by atoms with Crippen molar-refractivity contribution < 1.29 is 28.9 Å². The Morgan fingerprint density at radius 3 is 2.61 bits per heavy atom. The second-order valence-corrected chi connectivity index (χ2v) is 9.78. The monoisotopic (exact) mass is 517 g/mol. The van der Waals surface area contributed by atoms with Crippen molar-refractivity contribution in [2.24, 2.45) is 5.92 Å². The van der Waals surface area contributed by atoms with E-state index in [1.54, 1.807) is 28.8 Å². The van der Waals surface area contributed by atoms with Crippen LogP contribution in [0.4, 0.5) is 4.39 Å². The molecule has 36 heavy (non-hydrogen) atoms. The summed E-state index contributed by atoms with van der Waals surface area (Å²) in [6.07, 6.45) is 2.60. The van der Waals surface area contributed by atoms with E-state index < -0.39 is 28.8 Å². The summed E-state index contributed by atoms with van der Waals surface area (Å²) in [5, 5.41) is 19.9. The third-order valence-corrected chi connectivity index (χ3v) is 6.93. The highest BCUT2D eigenvalue weighted by atomic mass is 35.5. The largest absolute Gasteiger partial charge is 0.490 e. The fourth-order valence-electron chi connectivity index (χ4n) is 4.58. The Labute approximate surface area is 213 Å². The molecule has 0 bridgehead atoms. The van der Waals surface area contributed by atoms with Crippen molar-refractivity contribution in [3.8, 4) is 5.75 Å². The normalized spacial score (nSPS) is 15.4. The van der Waals surface area contributed by atoms with Crippen LogP contribution in [0.1, 0.15) is 54.2 Å². The van der Waals surface area contributed by atoms with Crippen molar-refractivity contribution in [3.63, 3.8) is 0 Å². The maximum Gasteiger partial charge on any atom is 0.341 e. The molecule has 7 nitrogen and oxygen atoms in total. The molecule has 1 aliphatic rings. The molecule has 0 unspecified atom stereocenters. The van der Waals surface area contributed by atoms with Gasteiger partial charge in [-0.05, 0) is 29.2 Å². The number of fused-ring (bicyclic) bond motifs is 1. The van der Waals surface area contributed by atoms with E-state index in [4.69, 9.17) is 21.1 Å². The lowest BCUT2D eigenvalue weighted by atomic mass is 9.98. The molecular formula is C27H29ClFNO6. The molecule has 1 aliphatic heterocycles. The molecule has 0 spiro atoms. The van der Waals surface area contributed by atoms with Gasteiger partial charge in [0.05, 0.1) is 36.4 Å². The SMILES string of the molecule is CC(C)[C@@H](CO)n1cc(C(=O)O)c(=O)c2cc(Cc3cccc(Cl)c3F)c(OC3CCOCC3)cc21. The molecule has 0 saturated carbocycles. The standard InChI is InChI=1S/C27H29ClFNO6/c1-15(2)23(14-31)30-13-20(27(33)34)26(32)19-11-17(10-16-4-3-5-21(28)25(16)29)24(12-22(19)30)36-18-6-8-35-9-7-18/h3-5,11-13,15,18,23,31H,6-10,14H2,1-2H3,(H,33,34)/t23-/m1/s1. The van der Waals surface area contributed by atoms with E-state index >= 15 is 0 Å². The first kappa shape index (κ1) is 26.1. The zero-order valence-corrected chi connectivity index (χ0v) is 20.9. The molecule has 2 aromatic carbocycles. The van der Waals surface area contributed by atoms with Crippen LogP contribution >= 0.6 is 11.6 Å². The molecule has 1 saturated heterocycles. The number of pyridine rings is 1. The van der Waals surface area contributed by atoms with Gasteiger partial charge in [0.25, 0.3) is 0 Å². The lowest BCUT2D eigenvalue weighted by molar-refractivity contribution is 0.0252. The number of aliphatic hydroxyl groups excluding tert-OH is 1. The van der Waals surface area contributed by atoms with Crippen molar-refractivity contribution in [1.29, 1.82) is 0 Å². The summed E-state index contributed by atoms with van der Waals surface area (Å²) in [5.41, 5.74) is 0.240. The van der Waals surface area contributed by atoms with Gasteiger partial charge in [-0.3, -0.25) is 4.79 Å². The number of aromatic nitrogens is 1. The minimum atomic E-state index is -1.36. The summed E-state index contributed by atoms with van der Waals surface area (Å²) in [5.74, 6) is -1.51. The summed E-state index contributed by atoms with van der Waals surface area (Å²) < 4.78 is 28.2. The molecular weight excluding hydrogens is 489 g/mol. The van der Waals surface area contributed by atoms with Crippen LogP contribution in [-0.4, -0.2) is 46.7 Å². The highest BCUT2D eigenvalue weighted by Crippen LogP contribution is 2.33. The number of carboxylic acid groups (broad SMARTS) is 1. The van der Waals surface area contributed by atoms with Gasteiger partial charge < -0.3 is 24.3 Å². The van der Waals surface area contributed by atoms with E-state index in [0.717, 1.165) is 0 Å². The number of hydrogen-bond donors (Lipinski definition) is 2. The van der Waals surface area contributed by atoms with Crippen molar-refractivity contribution in [3.05, 3.63) is 74.3 Å². The Morgan fingerprint density at radius 2 is 1.97 bits per heavy atom. The molecule has 0 radical (unpaired) electrons. The Morgan fingerprint density at radius 1 is 1.25 bits per heavy atom. The number of aromatic carboxylic acids is 1. The van der Waals surface area contributed by atoms with E-state index in [1.807, 2.05) is 13.8 Å². The maximum atomic E-state index is 14.8. The molecule has 192 valence electrons. The Hall–Kier alpha value is -2.94. The van der Waals surface area contributed by atoms with E-state index in [9.17, 15) is 24.2 Å². The Kier molecular flexibility index (Phi) is 7.97. The van der Waals surface area contributed by atoms with Crippen molar-refractivity contribution >= 4 is 28.5 Å². The predicted octanol–water partition coefficient (Wildman–Crippen LogP) is 4.83. The number of nitrogens with zero attached hydrogens (tertiary/aromatic N) is 1. The van der Waals surface area contributed by atoms with Crippen LogP contribution in [0, 0.1) is 11.7 Å². The van der Waals surface area contributed by atoms with Gasteiger partial charge in [0.15, 0.2) is 0 Å². The molecule has 1 atom stereocenters. The second kappa shape index (κ2) is 11.0. The van der Waals surface area contributed by atoms with Crippen LogP contribution in [0.25, 0.3) is 10.9 Å². The lowest BCUT2D eigenvalue weighted by Gasteiger charge is -2.27. The maximum absolute atomic E-state index is 14.8. The first-order chi connectivity index (χ1) is 17.2. The third kappa shape index (κ3) is 5.26. The van der Waals surface area contributed by atoms with Crippen LogP contribution in [0.15, 0.2) is 41.3 Å². The van der Waals surface area contributed by atoms with Crippen LogP contribution in [0.5, 0.6) is 5.75 Å². The average molecular weight is 518 g/mol. The van der Waals surface area contributed by atoms with Gasteiger partial charge in [0, 0.05) is 36.9 Å². The minimum absolute atomic E-state index is 0.0153. The number of aliphatic hydroxyl groups is 1. The fraction of sp³-hybridized carbons (Fsp3) is 0.407. The first-order valence-electron chi connectivity index (χ1n) is 11.9. The van der Waals surface area contributed by atoms with Crippen LogP contribution < -0.4 is 10.2 Å². The van der Waals surface area contributed by atoms with Gasteiger partial charge in [-0.15, -0.1) is 0 Å². The van der Waals surface area contributed by atoms with Gasteiger partial charge >= 0.3 is 5.97 Å². The number of halogens is 2. The highest BCUT2D eigenvalue weighted by molar-refractivity contribution is 6.30. The number of rotatable bonds is 8. The van der Waals surface area contributed by atoms with Crippen LogP contribution in [0.2, 0.25) is 5.02 Å². The predicted molar refractivity (Wildman–Crippen MR) is 135 cm³/mol. The Bertz CT molecular complexity index is 1330. The van der Waals surface area contributed by atoms with Gasteiger partial charge in [0.2, 0.25) is 5.43 Å². The smallest absolute Gasteiger partial charge is 0.341 e. The van der Waals surface area contributed by atoms with E-state index in [0.29, 0.717) is 48.4 Å². The average Bonchev–Trinajstić information content (AvgIpc) is 2.84. The van der Waals surface area contributed by atoms with Gasteiger partial charge in [-0.1, -0.05) is 37.6 Å². The molecule has 2 N–H and O–H groups in total. The van der Waals surface area contributed by atoms with E-state index in [2.05, 4.69) is 0 Å². The first-order valence-corrected chi connectivity index (χ1v) is 12.3. The molecule has 4 rings (SSSR count). The molecule has 1 fully saturated rings. The summed E-state index contributed by atoms with van der Waals surface area (Å²) in [6, 6.07) is 7.50. The number of carbonyl (C=O) groups is 1. The summed E-state index contributed by atoms with van der Waals surface area (Å²) in [4.78, 5) is 25.1. The molecule has 1 aromatic heterocycles. The summed E-state index contributed by atoms with van der Waals surface area (Å²) in [6.45, 7) is 4.68. The zero-order chi connectivity index (χ0) is 26.0. The topological polar surface area (TPSA) is 98.0 Å². The van der Waals surface area contributed by atoms with Crippen molar-refractivity contribution in [2.45, 2.75) is 45.3 Å². The molecule has 9 heteroatoms. The summed E-state index contributed by atoms with van der Waals surface area (Å²) >= 11 is 5.99. The van der Waals surface area contributed by atoms with E-state index in [1.165, 1.54) is 12.3 Å². The number of ether oxygens (including phenoxy) is 2. The number of hydrogen-bond acceptors (Lipinski definition) is 5. The quantitative estimate of drug-likeness (QED) is 0.444. The van der Waals surface area contributed by atoms with E-state index in [-0.39, 0.29) is 35.5 Å². The Balaban J connectivity index is 1.96. The molecule has 0 amide bonds. The van der Waals surface area contributed by atoms with Crippen molar-refractivity contribution in [1.82, 2.24) is 4.57 Å². The van der Waals surface area contributed by atoms with Gasteiger partial charge in [-0.2, -0.15) is 0 Å². The third-order valence-electron chi connectivity index (χ3n) is 6.63. The molecule has 3 aromatic rings.